The molecule has 120 valence electrons. The molecule has 1 atom stereocenters. The van der Waals surface area contributed by atoms with Gasteiger partial charge in [-0.2, -0.15) is 0 Å². The second-order valence-electron chi connectivity index (χ2n) is 6.47. The lowest BCUT2D eigenvalue weighted by Crippen LogP contribution is -2.36. The van der Waals surface area contributed by atoms with E-state index < -0.39 is 0 Å². The van der Waals surface area contributed by atoms with Crippen LogP contribution in [0.3, 0.4) is 0 Å². The lowest BCUT2D eigenvalue weighted by Gasteiger charge is -2.35. The van der Waals surface area contributed by atoms with Crippen LogP contribution in [-0.4, -0.2) is 35.6 Å². The quantitative estimate of drug-likeness (QED) is 0.934. The Morgan fingerprint density at radius 1 is 1.32 bits per heavy atom. The number of aromatic nitrogens is 1. The summed E-state index contributed by atoms with van der Waals surface area (Å²) in [7, 11) is 2.09. The van der Waals surface area contributed by atoms with Crippen molar-refractivity contribution in [2.45, 2.75) is 25.7 Å². The molecule has 1 fully saturated rings. The van der Waals surface area contributed by atoms with Crippen LogP contribution in [0.1, 0.15) is 31.2 Å². The van der Waals surface area contributed by atoms with Gasteiger partial charge in [-0.1, -0.05) is 24.6 Å². The molecule has 1 saturated heterocycles. The fourth-order valence-electron chi connectivity index (χ4n) is 3.93. The summed E-state index contributed by atoms with van der Waals surface area (Å²) in [6.07, 6.45) is 4.75. The van der Waals surface area contributed by atoms with Gasteiger partial charge in [-0.25, -0.2) is 0 Å². The molecule has 1 unspecified atom stereocenters. The number of benzene rings is 1. The van der Waals surface area contributed by atoms with E-state index in [-0.39, 0.29) is 0 Å². The lowest BCUT2D eigenvalue weighted by atomic mass is 9.80. The molecule has 0 radical (unpaired) electrons. The van der Waals surface area contributed by atoms with Gasteiger partial charge >= 0.3 is 0 Å². The normalized spacial score (nSPS) is 18.9. The highest BCUT2D eigenvalue weighted by Crippen LogP contribution is 2.37. The number of piperidine rings is 1. The number of aryl methyl sites for hydroxylation is 1. The minimum absolute atomic E-state index is 0.448. The van der Waals surface area contributed by atoms with Crippen LogP contribution in [0, 0.1) is 5.92 Å². The SMILES string of the molecule is CCN1CCC(C(CN)c2cn(C)c3cc(Cl)ccc23)CC1. The van der Waals surface area contributed by atoms with E-state index in [1.807, 2.05) is 12.1 Å². The molecule has 3 rings (SSSR count). The van der Waals surface area contributed by atoms with Crippen molar-refractivity contribution in [3.63, 3.8) is 0 Å². The summed E-state index contributed by atoms with van der Waals surface area (Å²) in [6.45, 7) is 6.53. The zero-order valence-corrected chi connectivity index (χ0v) is 14.3. The molecule has 0 spiro atoms. The summed E-state index contributed by atoms with van der Waals surface area (Å²) in [5.74, 6) is 1.14. The van der Waals surface area contributed by atoms with Crippen molar-refractivity contribution >= 4 is 22.5 Å². The van der Waals surface area contributed by atoms with Crippen molar-refractivity contribution in [2.24, 2.45) is 18.7 Å². The molecule has 3 nitrogen and oxygen atoms in total. The van der Waals surface area contributed by atoms with E-state index >= 15 is 0 Å². The second kappa shape index (κ2) is 6.61. The molecule has 0 bridgehead atoms. The molecular weight excluding hydrogens is 294 g/mol. The third kappa shape index (κ3) is 2.90. The van der Waals surface area contributed by atoms with Crippen molar-refractivity contribution in [3.05, 3.63) is 35.0 Å². The number of nitrogens with two attached hydrogens (primary N) is 1. The molecule has 22 heavy (non-hydrogen) atoms. The fraction of sp³-hybridized carbons (Fsp3) is 0.556. The largest absolute Gasteiger partial charge is 0.350 e. The molecule has 0 aliphatic carbocycles. The predicted molar refractivity (Wildman–Crippen MR) is 94.6 cm³/mol. The Balaban J connectivity index is 1.91. The lowest BCUT2D eigenvalue weighted by molar-refractivity contribution is 0.176. The molecule has 1 aromatic carbocycles. The van der Waals surface area contributed by atoms with Gasteiger partial charge in [0.25, 0.3) is 0 Å². The molecule has 2 N–H and O–H groups in total. The number of halogens is 1. The summed E-state index contributed by atoms with van der Waals surface area (Å²) >= 11 is 6.15. The van der Waals surface area contributed by atoms with Crippen LogP contribution in [0.2, 0.25) is 5.02 Å². The van der Waals surface area contributed by atoms with E-state index in [1.165, 1.54) is 42.4 Å². The van der Waals surface area contributed by atoms with Gasteiger partial charge in [0.05, 0.1) is 0 Å². The number of hydrogen-bond acceptors (Lipinski definition) is 2. The number of likely N-dealkylation sites (tertiary alicyclic amines) is 1. The van der Waals surface area contributed by atoms with E-state index in [9.17, 15) is 0 Å². The van der Waals surface area contributed by atoms with Gasteiger partial charge < -0.3 is 15.2 Å². The first kappa shape index (κ1) is 15.9. The van der Waals surface area contributed by atoms with Crippen LogP contribution in [0.25, 0.3) is 10.9 Å². The van der Waals surface area contributed by atoms with Crippen LogP contribution in [0.5, 0.6) is 0 Å². The van der Waals surface area contributed by atoms with Crippen LogP contribution >= 0.6 is 11.6 Å². The Hall–Kier alpha value is -1.03. The van der Waals surface area contributed by atoms with Gasteiger partial charge in [0.15, 0.2) is 0 Å². The maximum Gasteiger partial charge on any atom is 0.0495 e. The average Bonchev–Trinajstić information content (AvgIpc) is 2.85. The van der Waals surface area contributed by atoms with Crippen molar-refractivity contribution in [2.75, 3.05) is 26.2 Å². The van der Waals surface area contributed by atoms with Gasteiger partial charge in [0, 0.05) is 35.1 Å². The number of nitrogens with zero attached hydrogens (tertiary/aromatic N) is 2. The highest BCUT2D eigenvalue weighted by molar-refractivity contribution is 6.31. The molecule has 1 aromatic heterocycles. The third-order valence-electron chi connectivity index (χ3n) is 5.29. The number of hydrogen-bond donors (Lipinski definition) is 1. The van der Waals surface area contributed by atoms with Gasteiger partial charge in [0.1, 0.15) is 0 Å². The monoisotopic (exact) mass is 319 g/mol. The first-order chi connectivity index (χ1) is 10.6. The Labute approximate surface area is 138 Å². The predicted octanol–water partition coefficient (Wildman–Crippen LogP) is 3.61. The number of fused-ring (bicyclic) bond motifs is 1. The second-order valence-corrected chi connectivity index (χ2v) is 6.91. The van der Waals surface area contributed by atoms with Crippen molar-refractivity contribution < 1.29 is 0 Å². The van der Waals surface area contributed by atoms with Crippen molar-refractivity contribution in [1.82, 2.24) is 9.47 Å². The van der Waals surface area contributed by atoms with E-state index in [0.717, 1.165) is 18.1 Å². The van der Waals surface area contributed by atoms with Crippen molar-refractivity contribution in [1.29, 1.82) is 0 Å². The Morgan fingerprint density at radius 2 is 2.05 bits per heavy atom. The highest BCUT2D eigenvalue weighted by Gasteiger charge is 2.28. The van der Waals surface area contributed by atoms with E-state index in [1.54, 1.807) is 0 Å². The number of rotatable bonds is 4. The van der Waals surface area contributed by atoms with Gasteiger partial charge in [0.2, 0.25) is 0 Å². The molecule has 0 saturated carbocycles. The smallest absolute Gasteiger partial charge is 0.0495 e. The molecule has 4 heteroatoms. The zero-order chi connectivity index (χ0) is 15.7. The Bertz CT molecular complexity index is 641. The first-order valence-corrected chi connectivity index (χ1v) is 8.68. The van der Waals surface area contributed by atoms with Gasteiger partial charge in [-0.3, -0.25) is 0 Å². The van der Waals surface area contributed by atoms with Crippen molar-refractivity contribution in [3.8, 4) is 0 Å². The minimum atomic E-state index is 0.448. The average molecular weight is 320 g/mol. The standard InChI is InChI=1S/C18H26ClN3/c1-3-22-8-6-13(7-9-22)16(11-20)17-12-21(2)18-10-14(19)4-5-15(17)18/h4-5,10,12-13,16H,3,6-9,11,20H2,1-2H3. The highest BCUT2D eigenvalue weighted by atomic mass is 35.5. The fourth-order valence-corrected chi connectivity index (χ4v) is 4.10. The topological polar surface area (TPSA) is 34.2 Å². The molecule has 2 aromatic rings. The van der Waals surface area contributed by atoms with Crippen LogP contribution in [0.4, 0.5) is 0 Å². The molecule has 1 aliphatic rings. The summed E-state index contributed by atoms with van der Waals surface area (Å²) in [5.41, 5.74) is 8.78. The van der Waals surface area contributed by atoms with E-state index in [0.29, 0.717) is 11.8 Å². The van der Waals surface area contributed by atoms with Gasteiger partial charge in [-0.05, 0) is 62.6 Å². The third-order valence-corrected chi connectivity index (χ3v) is 5.52. The first-order valence-electron chi connectivity index (χ1n) is 8.31. The summed E-state index contributed by atoms with van der Waals surface area (Å²) in [6, 6.07) is 6.19. The summed E-state index contributed by atoms with van der Waals surface area (Å²) in [5, 5.41) is 2.10. The zero-order valence-electron chi connectivity index (χ0n) is 13.6. The molecule has 0 amide bonds. The van der Waals surface area contributed by atoms with Crippen LogP contribution < -0.4 is 5.73 Å². The Morgan fingerprint density at radius 3 is 2.68 bits per heavy atom. The minimum Gasteiger partial charge on any atom is -0.350 e. The summed E-state index contributed by atoms with van der Waals surface area (Å²) < 4.78 is 2.18. The van der Waals surface area contributed by atoms with Crippen LogP contribution in [-0.2, 0) is 7.05 Å². The van der Waals surface area contributed by atoms with Gasteiger partial charge in [-0.15, -0.1) is 0 Å². The molecule has 1 aliphatic heterocycles. The maximum absolute atomic E-state index is 6.18. The summed E-state index contributed by atoms with van der Waals surface area (Å²) in [4.78, 5) is 2.53. The van der Waals surface area contributed by atoms with E-state index in [4.69, 9.17) is 17.3 Å². The Kier molecular flexibility index (Phi) is 4.76. The molecular formula is C18H26ClN3. The maximum atomic E-state index is 6.18. The molecule has 2 heterocycles. The van der Waals surface area contributed by atoms with E-state index in [2.05, 4.69) is 35.7 Å². The van der Waals surface area contributed by atoms with Crippen LogP contribution in [0.15, 0.2) is 24.4 Å².